The lowest BCUT2D eigenvalue weighted by molar-refractivity contribution is -0.142. The minimum Gasteiger partial charge on any atom is -0.466 e. The fourth-order valence-electron chi connectivity index (χ4n) is 2.23. The van der Waals surface area contributed by atoms with Crippen molar-refractivity contribution in [2.75, 3.05) is 12.8 Å². The predicted octanol–water partition coefficient (Wildman–Crippen LogP) is 3.07. The van der Waals surface area contributed by atoms with E-state index >= 15 is 0 Å². The summed E-state index contributed by atoms with van der Waals surface area (Å²) in [4.78, 5) is 11.7. The van der Waals surface area contributed by atoms with Gasteiger partial charge in [0.15, 0.2) is 0 Å². The van der Waals surface area contributed by atoms with Crippen molar-refractivity contribution in [3.8, 4) is 0 Å². The molecule has 2 nitrogen and oxygen atoms in total. The summed E-state index contributed by atoms with van der Waals surface area (Å²) in [7, 11) is 0. The van der Waals surface area contributed by atoms with Crippen LogP contribution in [-0.4, -0.2) is 18.7 Å². The lowest BCUT2D eigenvalue weighted by Crippen LogP contribution is -2.20. The van der Waals surface area contributed by atoms with Crippen molar-refractivity contribution >= 4 is 34.4 Å². The molecule has 0 unspecified atom stereocenters. The molecule has 0 atom stereocenters. The van der Waals surface area contributed by atoms with Crippen LogP contribution in [0.2, 0.25) is 0 Å². The lowest BCUT2D eigenvalue weighted by Gasteiger charge is -2.23. The lowest BCUT2D eigenvalue weighted by atomic mass is 10.4. The maximum atomic E-state index is 11.7. The molecule has 0 aliphatic rings. The number of ether oxygens (including phenoxy) is 1. The van der Waals surface area contributed by atoms with E-state index < -0.39 is 6.04 Å². The zero-order chi connectivity index (χ0) is 15.1. The van der Waals surface area contributed by atoms with Gasteiger partial charge < -0.3 is 4.74 Å². The van der Waals surface area contributed by atoms with Crippen molar-refractivity contribution in [3.63, 3.8) is 0 Å². The molecular weight excluding hydrogens is 299 g/mol. The van der Waals surface area contributed by atoms with E-state index in [-0.39, 0.29) is 5.97 Å². The molecule has 0 N–H and O–H groups in total. The van der Waals surface area contributed by atoms with Crippen molar-refractivity contribution in [2.24, 2.45) is 0 Å². The summed E-state index contributed by atoms with van der Waals surface area (Å²) in [6.45, 7) is 2.24. The van der Waals surface area contributed by atoms with Gasteiger partial charge in [0.1, 0.15) is 0 Å². The molecule has 2 aromatic rings. The van der Waals surface area contributed by atoms with Crippen LogP contribution in [0.15, 0.2) is 60.7 Å². The highest BCUT2D eigenvalue weighted by Crippen LogP contribution is 2.44. The largest absolute Gasteiger partial charge is 0.466 e. The SMILES string of the molecule is CCOC(=O)CCP(=S)(c1ccccc1)c1ccccc1. The Balaban J connectivity index is 2.32. The number of carbonyl (C=O) groups is 1. The molecule has 4 heteroatoms. The van der Waals surface area contributed by atoms with Gasteiger partial charge >= 0.3 is 5.97 Å². The van der Waals surface area contributed by atoms with Gasteiger partial charge in [-0.3, -0.25) is 4.79 Å². The van der Waals surface area contributed by atoms with Crippen LogP contribution in [0.25, 0.3) is 0 Å². The first-order valence-electron chi connectivity index (χ1n) is 7.02. The quantitative estimate of drug-likeness (QED) is 0.605. The van der Waals surface area contributed by atoms with Crippen LogP contribution in [0.3, 0.4) is 0 Å². The van der Waals surface area contributed by atoms with Gasteiger partial charge in [0.25, 0.3) is 0 Å². The van der Waals surface area contributed by atoms with Gasteiger partial charge in [-0.2, -0.15) is 0 Å². The second-order valence-electron chi connectivity index (χ2n) is 4.69. The first-order chi connectivity index (χ1) is 10.2. The predicted molar refractivity (Wildman–Crippen MR) is 92.6 cm³/mol. The molecule has 2 aromatic carbocycles. The molecule has 0 heterocycles. The molecule has 0 spiro atoms. The molecule has 0 aliphatic carbocycles. The molecule has 0 bridgehead atoms. The topological polar surface area (TPSA) is 26.3 Å². The second-order valence-corrected chi connectivity index (χ2v) is 9.52. The van der Waals surface area contributed by atoms with E-state index in [2.05, 4.69) is 24.3 Å². The molecule has 0 fully saturated rings. The molecule has 0 saturated heterocycles. The highest BCUT2D eigenvalue weighted by Gasteiger charge is 2.23. The minimum absolute atomic E-state index is 0.168. The van der Waals surface area contributed by atoms with E-state index in [1.54, 1.807) is 0 Å². The molecule has 0 aromatic heterocycles. The van der Waals surface area contributed by atoms with E-state index in [0.717, 1.165) is 10.6 Å². The number of hydrogen-bond acceptors (Lipinski definition) is 3. The Bertz CT molecular complexity index is 582. The number of benzene rings is 2. The molecule has 110 valence electrons. The van der Waals surface area contributed by atoms with Gasteiger partial charge in [-0.1, -0.05) is 72.5 Å². The third kappa shape index (κ3) is 4.03. The summed E-state index contributed by atoms with van der Waals surface area (Å²) in [6.07, 6.45) is 1.03. The van der Waals surface area contributed by atoms with Gasteiger partial charge in [0, 0.05) is 6.04 Å². The van der Waals surface area contributed by atoms with Crippen molar-refractivity contribution < 1.29 is 9.53 Å². The molecular formula is C17H19O2PS. The highest BCUT2D eigenvalue weighted by molar-refractivity contribution is 8.21. The summed E-state index contributed by atoms with van der Waals surface area (Å²) in [5.41, 5.74) is 0. The van der Waals surface area contributed by atoms with E-state index in [1.165, 1.54) is 0 Å². The first kappa shape index (κ1) is 15.9. The number of hydrogen-bond donors (Lipinski definition) is 0. The summed E-state index contributed by atoms with van der Waals surface area (Å²) < 4.78 is 5.04. The Kier molecular flexibility index (Phi) is 5.72. The Hall–Kier alpha value is -1.44. The van der Waals surface area contributed by atoms with E-state index in [4.69, 9.17) is 16.5 Å². The monoisotopic (exact) mass is 318 g/mol. The second kappa shape index (κ2) is 7.53. The Morgan fingerprint density at radius 2 is 1.48 bits per heavy atom. The van der Waals surface area contributed by atoms with E-state index in [1.807, 2.05) is 43.3 Å². The fraction of sp³-hybridized carbons (Fsp3) is 0.235. The molecule has 0 radical (unpaired) electrons. The van der Waals surface area contributed by atoms with Crippen LogP contribution in [0.1, 0.15) is 13.3 Å². The van der Waals surface area contributed by atoms with Crippen molar-refractivity contribution in [1.82, 2.24) is 0 Å². The van der Waals surface area contributed by atoms with Crippen molar-refractivity contribution in [3.05, 3.63) is 60.7 Å². The molecule has 2 rings (SSSR count). The van der Waals surface area contributed by atoms with Gasteiger partial charge in [-0.25, -0.2) is 0 Å². The summed E-state index contributed by atoms with van der Waals surface area (Å²) in [5.74, 6) is -0.168. The molecule has 0 saturated carbocycles. The van der Waals surface area contributed by atoms with Crippen LogP contribution in [-0.2, 0) is 21.3 Å². The average molecular weight is 318 g/mol. The third-order valence-corrected chi connectivity index (χ3v) is 8.21. The highest BCUT2D eigenvalue weighted by atomic mass is 32.4. The smallest absolute Gasteiger partial charge is 0.306 e. The molecule has 21 heavy (non-hydrogen) atoms. The number of rotatable bonds is 6. The summed E-state index contributed by atoms with van der Waals surface area (Å²) in [6, 6.07) is 18.3. The van der Waals surface area contributed by atoms with E-state index in [9.17, 15) is 4.79 Å². The first-order valence-corrected chi connectivity index (χ1v) is 10.0. The normalized spacial score (nSPS) is 11.1. The zero-order valence-corrected chi connectivity index (χ0v) is 13.8. The summed E-state index contributed by atoms with van der Waals surface area (Å²) >= 11 is 6.04. The summed E-state index contributed by atoms with van der Waals surface area (Å²) in [5, 5.41) is 2.30. The van der Waals surface area contributed by atoms with Gasteiger partial charge in [0.2, 0.25) is 0 Å². The molecule has 0 aliphatic heterocycles. The van der Waals surface area contributed by atoms with Crippen molar-refractivity contribution in [2.45, 2.75) is 13.3 Å². The Morgan fingerprint density at radius 1 is 1.00 bits per heavy atom. The van der Waals surface area contributed by atoms with Crippen molar-refractivity contribution in [1.29, 1.82) is 0 Å². The maximum absolute atomic E-state index is 11.7. The van der Waals surface area contributed by atoms with Crippen LogP contribution < -0.4 is 10.6 Å². The third-order valence-electron chi connectivity index (χ3n) is 3.28. The number of esters is 1. The minimum atomic E-state index is -1.97. The van der Waals surface area contributed by atoms with Crippen LogP contribution >= 0.6 is 6.04 Å². The van der Waals surface area contributed by atoms with Crippen LogP contribution in [0.4, 0.5) is 0 Å². The Morgan fingerprint density at radius 3 is 1.90 bits per heavy atom. The van der Waals surface area contributed by atoms with Crippen LogP contribution in [0, 0.1) is 0 Å². The van der Waals surface area contributed by atoms with Crippen LogP contribution in [0.5, 0.6) is 0 Å². The Labute approximate surface area is 131 Å². The fourth-order valence-corrected chi connectivity index (χ4v) is 5.85. The van der Waals surface area contributed by atoms with Gasteiger partial charge in [0.05, 0.1) is 13.0 Å². The van der Waals surface area contributed by atoms with Gasteiger partial charge in [-0.15, -0.1) is 0 Å². The maximum Gasteiger partial charge on any atom is 0.306 e. The average Bonchev–Trinajstić information content (AvgIpc) is 2.54. The standard InChI is InChI=1S/C17H19O2PS/c1-2-19-17(18)13-14-20(21,15-9-5-3-6-10-15)16-11-7-4-8-12-16/h3-12H,2,13-14H2,1H3. The zero-order valence-electron chi connectivity index (χ0n) is 12.1. The molecule has 0 amide bonds. The number of carbonyl (C=O) groups excluding carboxylic acids is 1. The van der Waals surface area contributed by atoms with E-state index in [0.29, 0.717) is 19.2 Å². The van der Waals surface area contributed by atoms with Gasteiger partial charge in [-0.05, 0) is 23.7 Å².